The van der Waals surface area contributed by atoms with Gasteiger partial charge in [-0.15, -0.1) is 0 Å². The molecule has 0 saturated carbocycles. The van der Waals surface area contributed by atoms with Gasteiger partial charge in [0.25, 0.3) is 0 Å². The minimum absolute atomic E-state index is 0.00660. The number of methoxy groups -OCH3 is 2. The van der Waals surface area contributed by atoms with Crippen molar-refractivity contribution in [3.63, 3.8) is 0 Å². The summed E-state index contributed by atoms with van der Waals surface area (Å²) in [5, 5.41) is 0. The van der Waals surface area contributed by atoms with Gasteiger partial charge >= 0.3 is 0 Å². The van der Waals surface area contributed by atoms with Crippen molar-refractivity contribution >= 4 is 17.6 Å². The molecule has 30 heavy (non-hydrogen) atoms. The molecule has 3 aliphatic rings. The first-order valence-corrected chi connectivity index (χ1v) is 10.4. The second-order valence-corrected chi connectivity index (χ2v) is 8.31. The quantitative estimate of drug-likeness (QED) is 0.724. The summed E-state index contributed by atoms with van der Waals surface area (Å²) in [7, 11) is 3.17. The number of hydrogen-bond acceptors (Lipinski definition) is 6. The monoisotopic (exact) mass is 416 g/mol. The number of hydrogen-bond donors (Lipinski definition) is 0. The Labute approximate surface area is 176 Å². The van der Waals surface area contributed by atoms with E-state index in [2.05, 4.69) is 0 Å². The number of Topliss-reactive ketones (excluding diaryl/α,β-unsaturated/α-hetero) is 1. The molecule has 2 saturated heterocycles. The summed E-state index contributed by atoms with van der Waals surface area (Å²) in [5.41, 5.74) is -0.00932. The Morgan fingerprint density at radius 3 is 2.70 bits per heavy atom. The van der Waals surface area contributed by atoms with Gasteiger partial charge in [0.05, 0.1) is 31.6 Å². The Bertz CT molecular complexity index is 846. The summed E-state index contributed by atoms with van der Waals surface area (Å²) in [6, 6.07) is 5.29. The van der Waals surface area contributed by atoms with Gasteiger partial charge < -0.3 is 24.0 Å². The maximum atomic E-state index is 13.0. The first-order chi connectivity index (χ1) is 14.4. The van der Waals surface area contributed by atoms with E-state index < -0.39 is 5.60 Å². The number of rotatable bonds is 5. The Morgan fingerprint density at radius 1 is 1.23 bits per heavy atom. The lowest BCUT2D eigenvalue weighted by Gasteiger charge is -2.44. The van der Waals surface area contributed by atoms with Gasteiger partial charge in [0.1, 0.15) is 17.1 Å². The van der Waals surface area contributed by atoms with E-state index in [-0.39, 0.29) is 29.9 Å². The molecule has 162 valence electrons. The molecule has 2 amide bonds. The molecular weight excluding hydrogens is 388 g/mol. The van der Waals surface area contributed by atoms with Crippen LogP contribution in [-0.2, 0) is 14.3 Å². The second-order valence-electron chi connectivity index (χ2n) is 8.31. The number of amides is 2. The number of likely N-dealkylation sites (tertiary alicyclic amines) is 2. The standard InChI is InChI=1S/C22H28N2O6/c1-28-10-9-24-14-15(11-20(24)26)21(27)23-7-5-22(6-8-23)13-18(25)17-12-16(29-2)3-4-19(17)30-22/h3-4,12,15H,5-11,13-14H2,1-2H3. The number of fused-ring (bicyclic) bond motifs is 1. The van der Waals surface area contributed by atoms with E-state index >= 15 is 0 Å². The third-order valence-corrected chi connectivity index (χ3v) is 6.41. The highest BCUT2D eigenvalue weighted by Crippen LogP contribution is 2.40. The van der Waals surface area contributed by atoms with Gasteiger partial charge in [0, 0.05) is 52.6 Å². The van der Waals surface area contributed by atoms with Crippen LogP contribution >= 0.6 is 0 Å². The lowest BCUT2D eigenvalue weighted by molar-refractivity contribution is -0.139. The van der Waals surface area contributed by atoms with Crippen LogP contribution in [0, 0.1) is 5.92 Å². The number of nitrogens with zero attached hydrogens (tertiary/aromatic N) is 2. The van der Waals surface area contributed by atoms with Crippen molar-refractivity contribution in [1.82, 2.24) is 9.80 Å². The first-order valence-electron chi connectivity index (χ1n) is 10.4. The Balaban J connectivity index is 1.37. The zero-order valence-electron chi connectivity index (χ0n) is 17.5. The topological polar surface area (TPSA) is 85.4 Å². The highest BCUT2D eigenvalue weighted by atomic mass is 16.5. The maximum absolute atomic E-state index is 13.0. The molecule has 0 bridgehead atoms. The van der Waals surface area contributed by atoms with Gasteiger partial charge in [-0.25, -0.2) is 0 Å². The van der Waals surface area contributed by atoms with Crippen LogP contribution in [0.3, 0.4) is 0 Å². The molecular formula is C22H28N2O6. The Kier molecular flexibility index (Phi) is 5.69. The normalized spacial score (nSPS) is 22.8. The minimum atomic E-state index is -0.564. The molecule has 1 atom stereocenters. The summed E-state index contributed by atoms with van der Waals surface area (Å²) < 4.78 is 16.5. The fraction of sp³-hybridized carbons (Fsp3) is 0.591. The van der Waals surface area contributed by atoms with Crippen LogP contribution in [0.15, 0.2) is 18.2 Å². The van der Waals surface area contributed by atoms with E-state index in [1.165, 1.54) is 0 Å². The first kappa shape index (κ1) is 20.7. The molecule has 0 aliphatic carbocycles. The lowest BCUT2D eigenvalue weighted by Crippen LogP contribution is -2.53. The van der Waals surface area contributed by atoms with E-state index in [9.17, 15) is 14.4 Å². The number of carbonyl (C=O) groups is 3. The smallest absolute Gasteiger partial charge is 0.227 e. The van der Waals surface area contributed by atoms with Gasteiger partial charge in [-0.1, -0.05) is 0 Å². The van der Waals surface area contributed by atoms with Crippen molar-refractivity contribution in [3.05, 3.63) is 23.8 Å². The molecule has 1 unspecified atom stereocenters. The van der Waals surface area contributed by atoms with Crippen LogP contribution in [-0.4, -0.2) is 80.0 Å². The van der Waals surface area contributed by atoms with E-state index in [1.54, 1.807) is 37.3 Å². The maximum Gasteiger partial charge on any atom is 0.227 e. The Morgan fingerprint density at radius 2 is 2.00 bits per heavy atom. The summed E-state index contributed by atoms with van der Waals surface area (Å²) >= 11 is 0. The lowest BCUT2D eigenvalue weighted by atomic mass is 9.82. The predicted molar refractivity (Wildman–Crippen MR) is 108 cm³/mol. The van der Waals surface area contributed by atoms with Crippen molar-refractivity contribution in [2.45, 2.75) is 31.3 Å². The molecule has 1 aromatic rings. The molecule has 2 fully saturated rings. The van der Waals surface area contributed by atoms with Crippen LogP contribution in [0.2, 0.25) is 0 Å². The average molecular weight is 416 g/mol. The summed E-state index contributed by atoms with van der Waals surface area (Å²) in [6.45, 7) is 2.49. The second kappa shape index (κ2) is 8.26. The van der Waals surface area contributed by atoms with E-state index in [0.29, 0.717) is 69.1 Å². The van der Waals surface area contributed by atoms with Gasteiger partial charge in [-0.2, -0.15) is 0 Å². The zero-order chi connectivity index (χ0) is 21.3. The van der Waals surface area contributed by atoms with E-state index in [4.69, 9.17) is 14.2 Å². The van der Waals surface area contributed by atoms with Crippen LogP contribution in [0.5, 0.6) is 11.5 Å². The molecule has 3 aliphatic heterocycles. The van der Waals surface area contributed by atoms with Crippen molar-refractivity contribution in [2.75, 3.05) is 47.0 Å². The molecule has 4 rings (SSSR count). The Hall–Kier alpha value is -2.61. The van der Waals surface area contributed by atoms with Crippen LogP contribution in [0.4, 0.5) is 0 Å². The zero-order valence-corrected chi connectivity index (χ0v) is 17.5. The van der Waals surface area contributed by atoms with Gasteiger partial charge in [0.2, 0.25) is 11.8 Å². The highest BCUT2D eigenvalue weighted by Gasteiger charge is 2.45. The van der Waals surface area contributed by atoms with E-state index in [1.807, 2.05) is 4.90 Å². The number of carbonyl (C=O) groups excluding carboxylic acids is 3. The SMILES string of the molecule is COCCN1CC(C(=O)N2CCC3(CC2)CC(=O)c2cc(OC)ccc2O3)CC1=O. The van der Waals surface area contributed by atoms with Crippen molar-refractivity contribution in [3.8, 4) is 11.5 Å². The number of benzene rings is 1. The van der Waals surface area contributed by atoms with Crippen molar-refractivity contribution in [2.24, 2.45) is 5.92 Å². The largest absolute Gasteiger partial charge is 0.497 e. The number of ether oxygens (including phenoxy) is 3. The highest BCUT2D eigenvalue weighted by molar-refractivity contribution is 6.00. The van der Waals surface area contributed by atoms with E-state index in [0.717, 1.165) is 0 Å². The summed E-state index contributed by atoms with van der Waals surface area (Å²) in [6.07, 6.45) is 1.77. The predicted octanol–water partition coefficient (Wildman–Crippen LogP) is 1.52. The molecule has 1 spiro atoms. The third-order valence-electron chi connectivity index (χ3n) is 6.41. The van der Waals surface area contributed by atoms with Gasteiger partial charge in [0.15, 0.2) is 5.78 Å². The van der Waals surface area contributed by atoms with Crippen molar-refractivity contribution < 1.29 is 28.6 Å². The molecule has 8 heteroatoms. The van der Waals surface area contributed by atoms with Crippen LogP contribution in [0.1, 0.15) is 36.0 Å². The van der Waals surface area contributed by atoms with Crippen molar-refractivity contribution in [1.29, 1.82) is 0 Å². The average Bonchev–Trinajstić information content (AvgIpc) is 3.12. The van der Waals surface area contributed by atoms with Crippen LogP contribution < -0.4 is 9.47 Å². The molecule has 8 nitrogen and oxygen atoms in total. The fourth-order valence-electron chi connectivity index (χ4n) is 4.63. The molecule has 0 radical (unpaired) electrons. The number of ketones is 1. The summed E-state index contributed by atoms with van der Waals surface area (Å²) in [5.74, 6) is 0.989. The third kappa shape index (κ3) is 3.88. The fourth-order valence-corrected chi connectivity index (χ4v) is 4.63. The summed E-state index contributed by atoms with van der Waals surface area (Å²) in [4.78, 5) is 41.4. The van der Waals surface area contributed by atoms with Crippen LogP contribution in [0.25, 0.3) is 0 Å². The molecule has 1 aromatic carbocycles. The molecule has 0 aromatic heterocycles. The van der Waals surface area contributed by atoms with Gasteiger partial charge in [-0.05, 0) is 18.2 Å². The van der Waals surface area contributed by atoms with Gasteiger partial charge in [-0.3, -0.25) is 14.4 Å². The molecule has 0 N–H and O–H groups in total. The molecule has 3 heterocycles. The number of piperidine rings is 1. The minimum Gasteiger partial charge on any atom is -0.497 e.